The highest BCUT2D eigenvalue weighted by Gasteiger charge is 2.12. The van der Waals surface area contributed by atoms with Crippen molar-refractivity contribution in [1.29, 1.82) is 0 Å². The highest BCUT2D eigenvalue weighted by molar-refractivity contribution is 7.46. The molecule has 0 amide bonds. The Hall–Kier alpha value is 0.0900. The Bertz CT molecular complexity index is 77.5. The van der Waals surface area contributed by atoms with Crippen molar-refractivity contribution >= 4 is 19.6 Å². The summed E-state index contributed by atoms with van der Waals surface area (Å²) in [6.45, 7) is 2.99. The van der Waals surface area contributed by atoms with E-state index in [1.807, 2.05) is 0 Å². The first-order valence-corrected chi connectivity index (χ1v) is 2.74. The molecule has 6 heavy (non-hydrogen) atoms. The first kappa shape index (κ1) is 6.09. The van der Waals surface area contributed by atoms with Crippen molar-refractivity contribution in [2.75, 3.05) is 0 Å². The average Bonchev–Trinajstić information content (AvgIpc) is 1.36. The average molecular weight is 125 g/mol. The van der Waals surface area contributed by atoms with Gasteiger partial charge in [0.25, 0.3) is 4.77 Å². The number of rotatable bonds is 1. The fourth-order valence-corrected chi connectivity index (χ4v) is 0. The molecule has 0 rings (SSSR count). The van der Waals surface area contributed by atoms with E-state index < -0.39 is 8.03 Å². The molecule has 0 heterocycles. The molecule has 0 aromatic heterocycles. The van der Waals surface area contributed by atoms with Gasteiger partial charge < -0.3 is 0 Å². The Morgan fingerprint density at radius 2 is 2.17 bits per heavy atom. The van der Waals surface area contributed by atoms with Crippen LogP contribution in [0, 0.1) is 0 Å². The Morgan fingerprint density at radius 1 is 2.00 bits per heavy atom. The third kappa shape index (κ3) is 2.33. The van der Waals surface area contributed by atoms with Crippen molar-refractivity contribution in [3.8, 4) is 0 Å². The van der Waals surface area contributed by atoms with E-state index in [1.54, 1.807) is 0 Å². The number of hydrogen-bond acceptors (Lipinski definition) is 1. The van der Waals surface area contributed by atoms with Gasteiger partial charge in [-0.2, -0.15) is 4.89 Å². The first-order chi connectivity index (χ1) is 2.64. The fraction of sp³-hybridized carbons (Fsp3) is 0. The lowest BCUT2D eigenvalue weighted by molar-refractivity contribution is 0.512. The van der Waals surface area contributed by atoms with Gasteiger partial charge in [-0.3, -0.25) is 0 Å². The molecule has 1 atom stereocenters. The molecule has 0 aliphatic rings. The minimum absolute atomic E-state index is 0.204. The molecule has 0 aliphatic heterocycles. The summed E-state index contributed by atoms with van der Waals surface area (Å²) in [7, 11) is -2.34. The van der Waals surface area contributed by atoms with Crippen LogP contribution in [0.5, 0.6) is 0 Å². The second kappa shape index (κ2) is 2.30. The van der Waals surface area contributed by atoms with Gasteiger partial charge in [0.05, 0.1) is 0 Å². The summed E-state index contributed by atoms with van der Waals surface area (Å²) in [5.74, 6) is 0. The summed E-state index contributed by atoms with van der Waals surface area (Å²) in [6.07, 6.45) is 0. The molecule has 0 saturated carbocycles. The molecule has 34 valence electrons. The summed E-state index contributed by atoms with van der Waals surface area (Å²) in [5, 5.41) is 0. The molecule has 0 fully saturated rings. The Morgan fingerprint density at radius 3 is 2.17 bits per heavy atom. The van der Waals surface area contributed by atoms with Gasteiger partial charge in [0.15, 0.2) is 0 Å². The summed E-state index contributed by atoms with van der Waals surface area (Å²) >= 11 is 4.88. The molecule has 0 aromatic carbocycles. The zero-order chi connectivity index (χ0) is 5.15. The van der Waals surface area contributed by atoms with E-state index >= 15 is 0 Å². The molecule has 2 nitrogen and oxygen atoms in total. The van der Waals surface area contributed by atoms with Crippen LogP contribution < -0.4 is 0 Å². The van der Waals surface area contributed by atoms with Crippen molar-refractivity contribution in [3.63, 3.8) is 0 Å². The van der Waals surface area contributed by atoms with Crippen molar-refractivity contribution < 1.29 is 9.46 Å². The maximum atomic E-state index is 9.62. The quantitative estimate of drug-likeness (QED) is 0.539. The maximum Gasteiger partial charge on any atom is 0.558 e. The predicted molar refractivity (Wildman–Crippen MR) is 24.8 cm³/mol. The molecule has 4 heteroatoms. The van der Waals surface area contributed by atoms with Gasteiger partial charge in [-0.25, -0.2) is 0 Å². The zero-order valence-electron chi connectivity index (χ0n) is 2.89. The van der Waals surface area contributed by atoms with Crippen LogP contribution in [-0.2, 0) is 4.57 Å². The second-order valence-electron chi connectivity index (χ2n) is 0.649. The Labute approximate surface area is 41.3 Å². The third-order valence-corrected chi connectivity index (χ3v) is 1.06. The van der Waals surface area contributed by atoms with E-state index in [0.717, 1.165) is 0 Å². The van der Waals surface area contributed by atoms with Crippen molar-refractivity contribution in [3.05, 3.63) is 11.4 Å². The lowest BCUT2D eigenvalue weighted by Crippen LogP contribution is -1.48. The normalized spacial score (nSPS) is 10.7. The fourth-order valence-electron chi connectivity index (χ4n) is 0. The Balaban J connectivity index is 3.57. The van der Waals surface area contributed by atoms with Crippen LogP contribution in [0.3, 0.4) is 0 Å². The summed E-state index contributed by atoms with van der Waals surface area (Å²) < 4.78 is 9.41. The van der Waals surface area contributed by atoms with Gasteiger partial charge in [-0.1, -0.05) is 0 Å². The molecular weight excluding hydrogens is 122 g/mol. The SMILES string of the molecule is C=C(Cl)[P+](=O)O. The van der Waals surface area contributed by atoms with E-state index in [4.69, 9.17) is 16.5 Å². The standard InChI is InChI=1S/C2H2ClO2P/c1-2(3)6(4)5/h1H2/p+1. The maximum absolute atomic E-state index is 9.62. The van der Waals surface area contributed by atoms with Gasteiger partial charge in [0, 0.05) is 0 Å². The van der Waals surface area contributed by atoms with E-state index in [9.17, 15) is 4.57 Å². The second-order valence-corrected chi connectivity index (χ2v) is 2.45. The van der Waals surface area contributed by atoms with Crippen LogP contribution in [0.4, 0.5) is 0 Å². The highest BCUT2D eigenvalue weighted by atomic mass is 35.5. The van der Waals surface area contributed by atoms with Gasteiger partial charge >= 0.3 is 8.03 Å². The summed E-state index contributed by atoms with van der Waals surface area (Å²) in [6, 6.07) is 0. The van der Waals surface area contributed by atoms with E-state index in [0.29, 0.717) is 0 Å². The molecule has 0 aromatic rings. The van der Waals surface area contributed by atoms with Crippen LogP contribution in [0.25, 0.3) is 0 Å². The predicted octanol–water partition coefficient (Wildman–Crippen LogP) is 1.43. The van der Waals surface area contributed by atoms with Gasteiger partial charge in [-0.05, 0) is 22.7 Å². The van der Waals surface area contributed by atoms with Crippen LogP contribution in [0.2, 0.25) is 0 Å². The zero-order valence-corrected chi connectivity index (χ0v) is 4.54. The molecule has 1 N–H and O–H groups in total. The molecule has 0 saturated heterocycles. The number of halogens is 1. The molecule has 0 spiro atoms. The topological polar surface area (TPSA) is 37.3 Å². The van der Waals surface area contributed by atoms with Gasteiger partial charge in [0.2, 0.25) is 0 Å². The lowest BCUT2D eigenvalue weighted by atomic mass is 11.3. The van der Waals surface area contributed by atoms with Crippen molar-refractivity contribution in [1.82, 2.24) is 0 Å². The van der Waals surface area contributed by atoms with Crippen molar-refractivity contribution in [2.24, 2.45) is 0 Å². The largest absolute Gasteiger partial charge is 0.558 e. The van der Waals surface area contributed by atoms with E-state index in [1.165, 1.54) is 0 Å². The molecular formula is C2H3ClO2P+. The summed E-state index contributed by atoms with van der Waals surface area (Å²) in [4.78, 5) is 7.91. The van der Waals surface area contributed by atoms with Crippen LogP contribution >= 0.6 is 19.6 Å². The van der Waals surface area contributed by atoms with Crippen molar-refractivity contribution in [2.45, 2.75) is 0 Å². The Kier molecular flexibility index (Phi) is 2.33. The smallest absolute Gasteiger partial charge is 0.156 e. The minimum Gasteiger partial charge on any atom is -0.156 e. The molecule has 0 aliphatic carbocycles. The lowest BCUT2D eigenvalue weighted by Gasteiger charge is -1.58. The number of hydrogen-bond donors (Lipinski definition) is 1. The molecule has 0 radical (unpaired) electrons. The van der Waals surface area contributed by atoms with E-state index in [-0.39, 0.29) is 4.77 Å². The molecule has 0 bridgehead atoms. The van der Waals surface area contributed by atoms with Crippen LogP contribution in [-0.4, -0.2) is 4.89 Å². The summed E-state index contributed by atoms with van der Waals surface area (Å²) in [5.41, 5.74) is 0. The highest BCUT2D eigenvalue weighted by Crippen LogP contribution is 2.27. The van der Waals surface area contributed by atoms with Crippen LogP contribution in [0.1, 0.15) is 0 Å². The van der Waals surface area contributed by atoms with Crippen LogP contribution in [0.15, 0.2) is 11.4 Å². The first-order valence-electron chi connectivity index (χ1n) is 1.15. The third-order valence-electron chi connectivity index (χ3n) is 0.208. The monoisotopic (exact) mass is 125 g/mol. The van der Waals surface area contributed by atoms with E-state index in [2.05, 4.69) is 6.58 Å². The van der Waals surface area contributed by atoms with Gasteiger partial charge in [-0.15, -0.1) is 0 Å². The molecule has 1 unspecified atom stereocenters. The minimum atomic E-state index is -2.34. The van der Waals surface area contributed by atoms with Gasteiger partial charge in [0.1, 0.15) is 0 Å².